The van der Waals surface area contributed by atoms with E-state index in [2.05, 4.69) is 15.9 Å². The molecule has 0 bridgehead atoms. The zero-order valence-corrected chi connectivity index (χ0v) is 10.7. The number of rotatable bonds is 3. The van der Waals surface area contributed by atoms with Crippen LogP contribution in [-0.2, 0) is 6.42 Å². The maximum Gasteiger partial charge on any atom is 0.163 e. The predicted molar refractivity (Wildman–Crippen MR) is 66.0 cm³/mol. The maximum absolute atomic E-state index is 13.5. The molecule has 0 aliphatic carbocycles. The third kappa shape index (κ3) is 2.50. The summed E-state index contributed by atoms with van der Waals surface area (Å²) in [6.45, 7) is 0. The molecule has 0 fully saturated rings. The molecule has 2 rings (SSSR count). The van der Waals surface area contributed by atoms with Gasteiger partial charge in [-0.3, -0.25) is 0 Å². The first kappa shape index (κ1) is 11.7. The molecule has 2 aromatic rings. The number of hydrogen-bond donors (Lipinski definition) is 0. The second-order valence-electron chi connectivity index (χ2n) is 3.39. The van der Waals surface area contributed by atoms with E-state index in [1.54, 1.807) is 17.4 Å². The quantitative estimate of drug-likeness (QED) is 0.721. The Labute approximate surface area is 105 Å². The largest absolute Gasteiger partial charge is 0.204 e. The molecule has 0 radical (unpaired) electrons. The van der Waals surface area contributed by atoms with Gasteiger partial charge >= 0.3 is 0 Å². The van der Waals surface area contributed by atoms with Crippen LogP contribution in [0.4, 0.5) is 8.78 Å². The number of thiophene rings is 1. The monoisotopic (exact) mass is 302 g/mol. The van der Waals surface area contributed by atoms with Crippen LogP contribution in [0.25, 0.3) is 0 Å². The van der Waals surface area contributed by atoms with Crippen molar-refractivity contribution in [2.24, 2.45) is 0 Å². The highest BCUT2D eigenvalue weighted by atomic mass is 79.9. The molecule has 4 heteroatoms. The summed E-state index contributed by atoms with van der Waals surface area (Å²) in [7, 11) is 0. The molecule has 16 heavy (non-hydrogen) atoms. The Hall–Kier alpha value is -0.740. The minimum absolute atomic E-state index is 0.193. The first-order valence-electron chi connectivity index (χ1n) is 4.79. The molecule has 1 unspecified atom stereocenters. The normalized spacial score (nSPS) is 12.7. The Bertz CT molecular complexity index is 468. The highest BCUT2D eigenvalue weighted by Crippen LogP contribution is 2.31. The summed E-state index contributed by atoms with van der Waals surface area (Å²) in [5.74, 6) is -1.56. The van der Waals surface area contributed by atoms with Gasteiger partial charge in [-0.2, -0.15) is 0 Å². The number of hydrogen-bond acceptors (Lipinski definition) is 1. The van der Waals surface area contributed by atoms with Crippen LogP contribution in [0.3, 0.4) is 0 Å². The molecule has 1 heterocycles. The first-order valence-corrected chi connectivity index (χ1v) is 6.58. The standard InChI is InChI=1S/C12H9BrF2S/c13-10(7-8-3-2-6-16-8)9-4-1-5-11(14)12(9)15/h1-6,10H,7H2. The van der Waals surface area contributed by atoms with Gasteiger partial charge in [-0.25, -0.2) is 8.78 Å². The lowest BCUT2D eigenvalue weighted by Gasteiger charge is -2.10. The van der Waals surface area contributed by atoms with E-state index < -0.39 is 11.6 Å². The summed E-state index contributed by atoms with van der Waals surface area (Å²) >= 11 is 5.00. The lowest BCUT2D eigenvalue weighted by Crippen LogP contribution is -1.99. The third-order valence-corrected chi connectivity index (χ3v) is 4.00. The summed E-state index contributed by atoms with van der Waals surface area (Å²) in [5, 5.41) is 1.97. The molecule has 0 N–H and O–H groups in total. The summed E-state index contributed by atoms with van der Waals surface area (Å²) in [5.41, 5.74) is 0.369. The summed E-state index contributed by atoms with van der Waals surface area (Å²) in [6, 6.07) is 8.18. The van der Waals surface area contributed by atoms with Crippen LogP contribution >= 0.6 is 27.3 Å². The number of alkyl halides is 1. The zero-order chi connectivity index (χ0) is 11.5. The molecule has 84 valence electrons. The average molecular weight is 303 g/mol. The molecular formula is C12H9BrF2S. The van der Waals surface area contributed by atoms with Crippen molar-refractivity contribution in [1.82, 2.24) is 0 Å². The molecule has 0 spiro atoms. The van der Waals surface area contributed by atoms with E-state index in [-0.39, 0.29) is 4.83 Å². The van der Waals surface area contributed by atoms with E-state index >= 15 is 0 Å². The maximum atomic E-state index is 13.5. The van der Waals surface area contributed by atoms with E-state index in [1.807, 2.05) is 17.5 Å². The fraction of sp³-hybridized carbons (Fsp3) is 0.167. The van der Waals surface area contributed by atoms with E-state index in [1.165, 1.54) is 6.07 Å². The average Bonchev–Trinajstić information content (AvgIpc) is 2.74. The van der Waals surface area contributed by atoms with Crippen molar-refractivity contribution >= 4 is 27.3 Å². The Kier molecular flexibility index (Phi) is 3.71. The molecular weight excluding hydrogens is 294 g/mol. The van der Waals surface area contributed by atoms with Gasteiger partial charge in [0.1, 0.15) is 0 Å². The molecule has 1 aromatic heterocycles. The molecule has 0 saturated heterocycles. The van der Waals surface area contributed by atoms with Crippen LogP contribution in [0.2, 0.25) is 0 Å². The van der Waals surface area contributed by atoms with Crippen LogP contribution in [0.15, 0.2) is 35.7 Å². The van der Waals surface area contributed by atoms with Crippen molar-refractivity contribution in [3.05, 3.63) is 57.8 Å². The predicted octanol–water partition coefficient (Wildman–Crippen LogP) is 4.71. The first-order chi connectivity index (χ1) is 7.68. The molecule has 1 aromatic carbocycles. The van der Waals surface area contributed by atoms with Crippen LogP contribution in [0.1, 0.15) is 15.3 Å². The van der Waals surface area contributed by atoms with Gasteiger partial charge < -0.3 is 0 Å². The van der Waals surface area contributed by atoms with Gasteiger partial charge in [-0.05, 0) is 23.9 Å². The van der Waals surface area contributed by atoms with Crippen molar-refractivity contribution in [2.45, 2.75) is 11.2 Å². The van der Waals surface area contributed by atoms with Crippen LogP contribution in [0, 0.1) is 11.6 Å². The second kappa shape index (κ2) is 5.06. The fourth-order valence-corrected chi connectivity index (χ4v) is 3.15. The van der Waals surface area contributed by atoms with Crippen LogP contribution in [-0.4, -0.2) is 0 Å². The topological polar surface area (TPSA) is 0 Å². The van der Waals surface area contributed by atoms with Crippen molar-refractivity contribution in [1.29, 1.82) is 0 Å². The van der Waals surface area contributed by atoms with Crippen molar-refractivity contribution in [3.8, 4) is 0 Å². The van der Waals surface area contributed by atoms with Crippen molar-refractivity contribution in [2.75, 3.05) is 0 Å². The summed E-state index contributed by atoms with van der Waals surface area (Å²) in [4.78, 5) is 0.951. The highest BCUT2D eigenvalue weighted by Gasteiger charge is 2.16. The van der Waals surface area contributed by atoms with Gasteiger partial charge in [0, 0.05) is 15.3 Å². The lowest BCUT2D eigenvalue weighted by atomic mass is 10.1. The highest BCUT2D eigenvalue weighted by molar-refractivity contribution is 9.09. The molecule has 0 aliphatic rings. The molecule has 0 amide bonds. The zero-order valence-electron chi connectivity index (χ0n) is 8.29. The lowest BCUT2D eigenvalue weighted by molar-refractivity contribution is 0.498. The second-order valence-corrected chi connectivity index (χ2v) is 5.53. The Balaban J connectivity index is 2.21. The van der Waals surface area contributed by atoms with Gasteiger partial charge in [-0.1, -0.05) is 34.1 Å². The smallest absolute Gasteiger partial charge is 0.163 e. The minimum Gasteiger partial charge on any atom is -0.204 e. The van der Waals surface area contributed by atoms with Crippen molar-refractivity contribution < 1.29 is 8.78 Å². The SMILES string of the molecule is Fc1cccc(C(Br)Cc2cccs2)c1F. The summed E-state index contributed by atoms with van der Waals surface area (Å²) < 4.78 is 26.5. The molecule has 0 nitrogen and oxygen atoms in total. The summed E-state index contributed by atoms with van der Waals surface area (Å²) in [6.07, 6.45) is 0.665. The number of benzene rings is 1. The van der Waals surface area contributed by atoms with E-state index in [0.717, 1.165) is 10.9 Å². The molecule has 1 atom stereocenters. The van der Waals surface area contributed by atoms with E-state index in [9.17, 15) is 8.78 Å². The van der Waals surface area contributed by atoms with E-state index in [4.69, 9.17) is 0 Å². The van der Waals surface area contributed by atoms with Crippen molar-refractivity contribution in [3.63, 3.8) is 0 Å². The van der Waals surface area contributed by atoms with Gasteiger partial charge in [0.05, 0.1) is 0 Å². The van der Waals surface area contributed by atoms with Crippen LogP contribution in [0.5, 0.6) is 0 Å². The molecule has 0 aliphatic heterocycles. The number of halogens is 3. The Morgan fingerprint density at radius 2 is 2.00 bits per heavy atom. The van der Waals surface area contributed by atoms with Crippen LogP contribution < -0.4 is 0 Å². The molecule has 0 saturated carbocycles. The minimum atomic E-state index is -0.798. The van der Waals surface area contributed by atoms with Gasteiger partial charge in [0.15, 0.2) is 11.6 Å². The van der Waals surface area contributed by atoms with Gasteiger partial charge in [0.2, 0.25) is 0 Å². The van der Waals surface area contributed by atoms with E-state index in [0.29, 0.717) is 12.0 Å². The third-order valence-electron chi connectivity index (χ3n) is 2.28. The van der Waals surface area contributed by atoms with Gasteiger partial charge in [0.25, 0.3) is 0 Å². The fourth-order valence-electron chi connectivity index (χ4n) is 1.48. The Morgan fingerprint density at radius 3 is 2.69 bits per heavy atom. The Morgan fingerprint density at radius 1 is 1.19 bits per heavy atom. The van der Waals surface area contributed by atoms with Gasteiger partial charge in [-0.15, -0.1) is 11.3 Å².